The minimum absolute atomic E-state index is 0.842. The number of aryl methyl sites for hydroxylation is 2. The van der Waals surface area contributed by atoms with Crippen molar-refractivity contribution in [3.63, 3.8) is 0 Å². The standard InChI is InChI=1S/C13H19N5/c1-5-6-11-16-12(14-4)7-13(17-11)18-8-15-9(2)10(18)3/h7-8H,5-6H2,1-4H3,(H,14,16,17). The summed E-state index contributed by atoms with van der Waals surface area (Å²) in [6.45, 7) is 6.17. The van der Waals surface area contributed by atoms with Gasteiger partial charge in [-0.3, -0.25) is 4.57 Å². The lowest BCUT2D eigenvalue weighted by Crippen LogP contribution is -2.06. The lowest BCUT2D eigenvalue weighted by molar-refractivity contribution is 0.813. The molecule has 5 nitrogen and oxygen atoms in total. The van der Waals surface area contributed by atoms with Crippen LogP contribution in [-0.2, 0) is 6.42 Å². The molecule has 0 saturated carbocycles. The van der Waals surface area contributed by atoms with Gasteiger partial charge in [-0.15, -0.1) is 0 Å². The van der Waals surface area contributed by atoms with Crippen molar-refractivity contribution in [3.8, 4) is 5.82 Å². The van der Waals surface area contributed by atoms with Crippen molar-refractivity contribution < 1.29 is 0 Å². The number of hydrogen-bond acceptors (Lipinski definition) is 4. The fourth-order valence-corrected chi connectivity index (χ4v) is 1.80. The number of nitrogens with zero attached hydrogens (tertiary/aromatic N) is 4. The first kappa shape index (κ1) is 12.5. The first-order valence-electron chi connectivity index (χ1n) is 6.22. The molecule has 0 unspecified atom stereocenters. The minimum Gasteiger partial charge on any atom is -0.373 e. The highest BCUT2D eigenvalue weighted by molar-refractivity contribution is 5.42. The van der Waals surface area contributed by atoms with E-state index >= 15 is 0 Å². The van der Waals surface area contributed by atoms with E-state index in [0.29, 0.717) is 0 Å². The van der Waals surface area contributed by atoms with Crippen molar-refractivity contribution in [1.29, 1.82) is 0 Å². The second-order valence-corrected chi connectivity index (χ2v) is 4.31. The van der Waals surface area contributed by atoms with Gasteiger partial charge in [0.15, 0.2) is 0 Å². The van der Waals surface area contributed by atoms with Crippen LogP contribution in [0.5, 0.6) is 0 Å². The van der Waals surface area contributed by atoms with Crippen LogP contribution in [0.4, 0.5) is 5.82 Å². The second-order valence-electron chi connectivity index (χ2n) is 4.31. The third-order valence-corrected chi connectivity index (χ3v) is 2.99. The summed E-state index contributed by atoms with van der Waals surface area (Å²) in [6, 6.07) is 1.94. The minimum atomic E-state index is 0.842. The fourth-order valence-electron chi connectivity index (χ4n) is 1.80. The first-order valence-corrected chi connectivity index (χ1v) is 6.22. The van der Waals surface area contributed by atoms with E-state index in [4.69, 9.17) is 0 Å². The molecule has 0 bridgehead atoms. The van der Waals surface area contributed by atoms with Gasteiger partial charge in [0.2, 0.25) is 0 Å². The van der Waals surface area contributed by atoms with Crippen molar-refractivity contribution in [2.75, 3.05) is 12.4 Å². The van der Waals surface area contributed by atoms with E-state index in [0.717, 1.165) is 41.7 Å². The zero-order chi connectivity index (χ0) is 13.1. The van der Waals surface area contributed by atoms with E-state index in [9.17, 15) is 0 Å². The van der Waals surface area contributed by atoms with Gasteiger partial charge >= 0.3 is 0 Å². The molecule has 2 aromatic heterocycles. The monoisotopic (exact) mass is 245 g/mol. The molecular formula is C13H19N5. The highest BCUT2D eigenvalue weighted by atomic mass is 15.1. The van der Waals surface area contributed by atoms with Crippen molar-refractivity contribution >= 4 is 5.82 Å². The molecular weight excluding hydrogens is 226 g/mol. The Balaban J connectivity index is 2.49. The van der Waals surface area contributed by atoms with Gasteiger partial charge in [0.1, 0.15) is 23.8 Å². The molecule has 2 rings (SSSR count). The molecule has 0 aliphatic rings. The normalized spacial score (nSPS) is 10.7. The zero-order valence-electron chi connectivity index (χ0n) is 11.4. The molecule has 1 N–H and O–H groups in total. The Kier molecular flexibility index (Phi) is 3.60. The summed E-state index contributed by atoms with van der Waals surface area (Å²) in [7, 11) is 1.87. The van der Waals surface area contributed by atoms with Gasteiger partial charge in [-0.25, -0.2) is 15.0 Å². The Morgan fingerprint density at radius 2 is 2.06 bits per heavy atom. The molecule has 5 heteroatoms. The molecule has 2 aromatic rings. The van der Waals surface area contributed by atoms with Crippen LogP contribution < -0.4 is 5.32 Å². The maximum Gasteiger partial charge on any atom is 0.143 e. The summed E-state index contributed by atoms with van der Waals surface area (Å²) in [4.78, 5) is 13.3. The first-order chi connectivity index (χ1) is 8.65. The molecule has 0 atom stereocenters. The van der Waals surface area contributed by atoms with Crippen LogP contribution in [0.1, 0.15) is 30.6 Å². The van der Waals surface area contributed by atoms with Crippen LogP contribution in [0.25, 0.3) is 5.82 Å². The molecule has 0 aliphatic heterocycles. The van der Waals surface area contributed by atoms with Gasteiger partial charge in [-0.1, -0.05) is 6.92 Å². The average molecular weight is 245 g/mol. The molecule has 0 amide bonds. The Bertz CT molecular complexity index is 544. The third kappa shape index (κ3) is 2.34. The lowest BCUT2D eigenvalue weighted by Gasteiger charge is -2.09. The predicted molar refractivity (Wildman–Crippen MR) is 72.2 cm³/mol. The molecule has 0 radical (unpaired) electrons. The van der Waals surface area contributed by atoms with Crippen molar-refractivity contribution in [1.82, 2.24) is 19.5 Å². The maximum atomic E-state index is 4.59. The Morgan fingerprint density at radius 1 is 1.28 bits per heavy atom. The molecule has 96 valence electrons. The van der Waals surface area contributed by atoms with Crippen LogP contribution in [0.2, 0.25) is 0 Å². The van der Waals surface area contributed by atoms with Gasteiger partial charge in [-0.05, 0) is 20.3 Å². The summed E-state index contributed by atoms with van der Waals surface area (Å²) in [6.07, 6.45) is 3.73. The van der Waals surface area contributed by atoms with Crippen molar-refractivity contribution in [2.24, 2.45) is 0 Å². The molecule has 0 saturated heterocycles. The van der Waals surface area contributed by atoms with Crippen molar-refractivity contribution in [2.45, 2.75) is 33.6 Å². The summed E-state index contributed by atoms with van der Waals surface area (Å²) in [5, 5.41) is 3.08. The van der Waals surface area contributed by atoms with Crippen LogP contribution >= 0.6 is 0 Å². The average Bonchev–Trinajstić information content (AvgIpc) is 2.70. The van der Waals surface area contributed by atoms with Crippen LogP contribution in [0.3, 0.4) is 0 Å². The number of aromatic nitrogens is 4. The van der Waals surface area contributed by atoms with E-state index in [1.54, 1.807) is 0 Å². The SMILES string of the molecule is CCCc1nc(NC)cc(-n2cnc(C)c2C)n1. The maximum absolute atomic E-state index is 4.59. The second kappa shape index (κ2) is 5.16. The number of rotatable bonds is 4. The quantitative estimate of drug-likeness (QED) is 0.897. The van der Waals surface area contributed by atoms with Crippen LogP contribution in [-0.4, -0.2) is 26.6 Å². The summed E-state index contributed by atoms with van der Waals surface area (Å²) in [5.74, 6) is 2.58. The number of hydrogen-bond donors (Lipinski definition) is 1. The Labute approximate surface area is 107 Å². The van der Waals surface area contributed by atoms with E-state index in [1.807, 2.05) is 37.9 Å². The van der Waals surface area contributed by atoms with Gasteiger partial charge < -0.3 is 5.32 Å². The van der Waals surface area contributed by atoms with E-state index in [1.165, 1.54) is 0 Å². The van der Waals surface area contributed by atoms with E-state index < -0.39 is 0 Å². The number of anilines is 1. The molecule has 0 aliphatic carbocycles. The lowest BCUT2D eigenvalue weighted by atomic mass is 10.3. The molecule has 0 fully saturated rings. The molecule has 2 heterocycles. The molecule has 0 aromatic carbocycles. The van der Waals surface area contributed by atoms with Crippen LogP contribution in [0, 0.1) is 13.8 Å². The summed E-state index contributed by atoms with van der Waals surface area (Å²) in [5.41, 5.74) is 2.13. The zero-order valence-corrected chi connectivity index (χ0v) is 11.4. The number of nitrogens with one attached hydrogen (secondary N) is 1. The highest BCUT2D eigenvalue weighted by Gasteiger charge is 2.09. The largest absolute Gasteiger partial charge is 0.373 e. The van der Waals surface area contributed by atoms with Crippen LogP contribution in [0.15, 0.2) is 12.4 Å². The fraction of sp³-hybridized carbons (Fsp3) is 0.462. The third-order valence-electron chi connectivity index (χ3n) is 2.99. The Hall–Kier alpha value is -1.91. The topological polar surface area (TPSA) is 55.6 Å². The van der Waals surface area contributed by atoms with Gasteiger partial charge in [0.05, 0.1) is 5.69 Å². The van der Waals surface area contributed by atoms with Crippen molar-refractivity contribution in [3.05, 3.63) is 29.6 Å². The summed E-state index contributed by atoms with van der Waals surface area (Å²) < 4.78 is 2.00. The predicted octanol–water partition coefficient (Wildman–Crippen LogP) is 2.27. The molecule has 18 heavy (non-hydrogen) atoms. The molecule has 0 spiro atoms. The van der Waals surface area contributed by atoms with Gasteiger partial charge in [0.25, 0.3) is 0 Å². The highest BCUT2D eigenvalue weighted by Crippen LogP contribution is 2.15. The number of imidazole rings is 1. The van der Waals surface area contributed by atoms with Gasteiger partial charge in [-0.2, -0.15) is 0 Å². The summed E-state index contributed by atoms with van der Waals surface area (Å²) >= 11 is 0. The van der Waals surface area contributed by atoms with Gasteiger partial charge in [0, 0.05) is 25.2 Å². The Morgan fingerprint density at radius 3 is 2.61 bits per heavy atom. The van der Waals surface area contributed by atoms with E-state index in [-0.39, 0.29) is 0 Å². The smallest absolute Gasteiger partial charge is 0.143 e. The van der Waals surface area contributed by atoms with E-state index in [2.05, 4.69) is 27.2 Å².